The van der Waals surface area contributed by atoms with E-state index < -0.39 is 0 Å². The van der Waals surface area contributed by atoms with Crippen LogP contribution >= 0.6 is 11.8 Å². The molecule has 2 N–H and O–H groups in total. The second kappa shape index (κ2) is 5.14. The number of aryl methyl sites for hydroxylation is 1. The standard InChI is InChI=1S/C12H13N3OS/c1-8-12(17-7-6-11(13)16)15-10-5-3-2-4-9(10)14-8/h2-5H,6-7H2,1H3,(H2,13,16). The van der Waals surface area contributed by atoms with Gasteiger partial charge in [-0.15, -0.1) is 11.8 Å². The SMILES string of the molecule is Cc1nc2ccccc2nc1SCCC(N)=O. The van der Waals surface area contributed by atoms with Gasteiger partial charge in [0, 0.05) is 12.2 Å². The zero-order valence-electron chi connectivity index (χ0n) is 9.51. The first-order valence-electron chi connectivity index (χ1n) is 5.31. The molecule has 2 aromatic rings. The molecule has 1 aromatic heterocycles. The molecule has 0 spiro atoms. The van der Waals surface area contributed by atoms with E-state index in [1.807, 2.05) is 31.2 Å². The quantitative estimate of drug-likeness (QED) is 0.838. The zero-order valence-corrected chi connectivity index (χ0v) is 10.3. The molecule has 1 amide bonds. The summed E-state index contributed by atoms with van der Waals surface area (Å²) in [5.41, 5.74) is 7.75. The number of para-hydroxylation sites is 2. The van der Waals surface area contributed by atoms with Crippen molar-refractivity contribution in [3.63, 3.8) is 0 Å². The van der Waals surface area contributed by atoms with Crippen LogP contribution in [0.15, 0.2) is 29.3 Å². The second-order valence-corrected chi connectivity index (χ2v) is 4.75. The second-order valence-electron chi connectivity index (χ2n) is 3.67. The number of hydrogen-bond acceptors (Lipinski definition) is 4. The van der Waals surface area contributed by atoms with Crippen molar-refractivity contribution in [1.82, 2.24) is 9.97 Å². The van der Waals surface area contributed by atoms with Crippen molar-refractivity contribution < 1.29 is 4.79 Å². The van der Waals surface area contributed by atoms with Gasteiger partial charge in [0.05, 0.1) is 16.7 Å². The molecule has 0 bridgehead atoms. The Morgan fingerprint density at radius 1 is 1.29 bits per heavy atom. The van der Waals surface area contributed by atoms with Gasteiger partial charge >= 0.3 is 0 Å². The van der Waals surface area contributed by atoms with E-state index >= 15 is 0 Å². The lowest BCUT2D eigenvalue weighted by Gasteiger charge is -2.05. The number of nitrogens with zero attached hydrogens (tertiary/aromatic N) is 2. The predicted octanol–water partition coefficient (Wildman–Crippen LogP) is 1.91. The van der Waals surface area contributed by atoms with Gasteiger partial charge in [-0.2, -0.15) is 0 Å². The van der Waals surface area contributed by atoms with Gasteiger partial charge in [-0.25, -0.2) is 9.97 Å². The van der Waals surface area contributed by atoms with Gasteiger partial charge in [0.25, 0.3) is 0 Å². The average molecular weight is 247 g/mol. The molecule has 1 aromatic carbocycles. The van der Waals surface area contributed by atoms with Gasteiger partial charge in [0.15, 0.2) is 0 Å². The molecule has 0 saturated heterocycles. The number of benzene rings is 1. The first-order valence-corrected chi connectivity index (χ1v) is 6.30. The Morgan fingerprint density at radius 2 is 1.94 bits per heavy atom. The number of primary amides is 1. The highest BCUT2D eigenvalue weighted by atomic mass is 32.2. The van der Waals surface area contributed by atoms with Gasteiger partial charge in [0.2, 0.25) is 5.91 Å². The highest BCUT2D eigenvalue weighted by Gasteiger charge is 2.06. The summed E-state index contributed by atoms with van der Waals surface area (Å²) in [6.07, 6.45) is 0.360. The molecule has 0 radical (unpaired) electrons. The number of nitrogens with two attached hydrogens (primary N) is 1. The van der Waals surface area contributed by atoms with E-state index in [9.17, 15) is 4.79 Å². The molecule has 0 aliphatic carbocycles. The number of carbonyl (C=O) groups is 1. The van der Waals surface area contributed by atoms with Crippen LogP contribution in [-0.2, 0) is 4.79 Å². The summed E-state index contributed by atoms with van der Waals surface area (Å²) >= 11 is 1.52. The smallest absolute Gasteiger partial charge is 0.218 e. The maximum Gasteiger partial charge on any atom is 0.218 e. The molecule has 17 heavy (non-hydrogen) atoms. The summed E-state index contributed by atoms with van der Waals surface area (Å²) in [7, 11) is 0. The lowest BCUT2D eigenvalue weighted by atomic mass is 10.3. The predicted molar refractivity (Wildman–Crippen MR) is 68.8 cm³/mol. The molecule has 1 heterocycles. The fourth-order valence-corrected chi connectivity index (χ4v) is 2.37. The van der Waals surface area contributed by atoms with E-state index in [0.29, 0.717) is 12.2 Å². The van der Waals surface area contributed by atoms with Crippen LogP contribution in [0.3, 0.4) is 0 Å². The Morgan fingerprint density at radius 3 is 2.59 bits per heavy atom. The first kappa shape index (κ1) is 11.9. The van der Waals surface area contributed by atoms with Crippen LogP contribution in [0, 0.1) is 6.92 Å². The van der Waals surface area contributed by atoms with Crippen LogP contribution in [0.1, 0.15) is 12.1 Å². The average Bonchev–Trinajstić information content (AvgIpc) is 2.29. The Labute approximate surface area is 104 Å². The topological polar surface area (TPSA) is 68.9 Å². The molecular weight excluding hydrogens is 234 g/mol. The Kier molecular flexibility index (Phi) is 3.58. The van der Waals surface area contributed by atoms with E-state index in [1.54, 1.807) is 0 Å². The molecule has 0 atom stereocenters. The minimum atomic E-state index is -0.288. The van der Waals surface area contributed by atoms with Crippen LogP contribution in [0.4, 0.5) is 0 Å². The molecule has 4 nitrogen and oxygen atoms in total. The number of hydrogen-bond donors (Lipinski definition) is 1. The third kappa shape index (κ3) is 2.94. The molecule has 88 valence electrons. The maximum absolute atomic E-state index is 10.7. The van der Waals surface area contributed by atoms with Crippen molar-refractivity contribution in [1.29, 1.82) is 0 Å². The van der Waals surface area contributed by atoms with E-state index in [-0.39, 0.29) is 5.91 Å². The summed E-state index contributed by atoms with van der Waals surface area (Å²) in [6, 6.07) is 7.74. The molecular formula is C12H13N3OS. The molecule has 5 heteroatoms. The maximum atomic E-state index is 10.7. The Hall–Kier alpha value is -1.62. The highest BCUT2D eigenvalue weighted by molar-refractivity contribution is 7.99. The zero-order chi connectivity index (χ0) is 12.3. The van der Waals surface area contributed by atoms with Crippen molar-refractivity contribution in [3.8, 4) is 0 Å². The molecule has 0 aliphatic rings. The summed E-state index contributed by atoms with van der Waals surface area (Å²) in [4.78, 5) is 19.7. The minimum absolute atomic E-state index is 0.288. The van der Waals surface area contributed by atoms with Gasteiger partial charge in [-0.05, 0) is 19.1 Å². The van der Waals surface area contributed by atoms with Crippen LogP contribution in [0.5, 0.6) is 0 Å². The molecule has 2 rings (SSSR count). The van der Waals surface area contributed by atoms with Crippen molar-refractivity contribution in [2.45, 2.75) is 18.4 Å². The van der Waals surface area contributed by atoms with Crippen molar-refractivity contribution in [2.75, 3.05) is 5.75 Å². The van der Waals surface area contributed by atoms with E-state index in [4.69, 9.17) is 5.73 Å². The monoisotopic (exact) mass is 247 g/mol. The summed E-state index contributed by atoms with van der Waals surface area (Å²) in [5.74, 6) is 0.354. The number of aromatic nitrogens is 2. The third-order valence-electron chi connectivity index (χ3n) is 2.29. The third-order valence-corrected chi connectivity index (χ3v) is 3.36. The molecule has 0 unspecified atom stereocenters. The summed E-state index contributed by atoms with van der Waals surface area (Å²) < 4.78 is 0. The van der Waals surface area contributed by atoms with Crippen LogP contribution in [0.2, 0.25) is 0 Å². The molecule has 0 fully saturated rings. The number of amides is 1. The van der Waals surface area contributed by atoms with Gasteiger partial charge in [-0.3, -0.25) is 4.79 Å². The van der Waals surface area contributed by atoms with Crippen molar-refractivity contribution in [2.24, 2.45) is 5.73 Å². The highest BCUT2D eigenvalue weighted by Crippen LogP contribution is 2.22. The van der Waals surface area contributed by atoms with Gasteiger partial charge < -0.3 is 5.73 Å². The van der Waals surface area contributed by atoms with Crippen LogP contribution in [0.25, 0.3) is 11.0 Å². The molecule has 0 aliphatic heterocycles. The van der Waals surface area contributed by atoms with Crippen LogP contribution < -0.4 is 5.73 Å². The van der Waals surface area contributed by atoms with Crippen molar-refractivity contribution >= 4 is 28.7 Å². The minimum Gasteiger partial charge on any atom is -0.370 e. The van der Waals surface area contributed by atoms with E-state index in [0.717, 1.165) is 21.8 Å². The number of carbonyl (C=O) groups excluding carboxylic acids is 1. The lowest BCUT2D eigenvalue weighted by molar-refractivity contribution is -0.117. The first-order chi connectivity index (χ1) is 8.16. The Bertz CT molecular complexity index is 556. The fourth-order valence-electron chi connectivity index (χ4n) is 1.46. The van der Waals surface area contributed by atoms with E-state index in [2.05, 4.69) is 9.97 Å². The largest absolute Gasteiger partial charge is 0.370 e. The van der Waals surface area contributed by atoms with Gasteiger partial charge in [-0.1, -0.05) is 12.1 Å². The normalized spacial score (nSPS) is 10.6. The van der Waals surface area contributed by atoms with E-state index in [1.165, 1.54) is 11.8 Å². The van der Waals surface area contributed by atoms with Gasteiger partial charge in [0.1, 0.15) is 5.03 Å². The van der Waals surface area contributed by atoms with Crippen LogP contribution in [-0.4, -0.2) is 21.6 Å². The summed E-state index contributed by atoms with van der Waals surface area (Å²) in [6.45, 7) is 1.92. The number of fused-ring (bicyclic) bond motifs is 1. The fraction of sp³-hybridized carbons (Fsp3) is 0.250. The number of thioether (sulfide) groups is 1. The Balaban J connectivity index is 2.22. The summed E-state index contributed by atoms with van der Waals surface area (Å²) in [5, 5.41) is 0.866. The van der Waals surface area contributed by atoms with Crippen molar-refractivity contribution in [3.05, 3.63) is 30.0 Å². The number of rotatable bonds is 4. The lowest BCUT2D eigenvalue weighted by Crippen LogP contribution is -2.11. The molecule has 0 saturated carbocycles.